The third kappa shape index (κ3) is 4.02. The molecule has 0 aromatic heterocycles. The van der Waals surface area contributed by atoms with Gasteiger partial charge in [0.25, 0.3) is 0 Å². The Bertz CT molecular complexity index is 976. The number of ether oxygens (including phenoxy) is 2. The molecule has 1 aliphatic rings. The molecule has 156 valence electrons. The summed E-state index contributed by atoms with van der Waals surface area (Å²) in [5.41, 5.74) is 5.30. The van der Waals surface area contributed by atoms with Gasteiger partial charge in [0.05, 0.1) is 14.2 Å². The molecule has 0 amide bonds. The second kappa shape index (κ2) is 8.83. The van der Waals surface area contributed by atoms with Gasteiger partial charge in [0, 0.05) is 0 Å². The lowest BCUT2D eigenvalue weighted by Crippen LogP contribution is -2.29. The molecule has 3 nitrogen and oxygen atoms in total. The first-order valence-corrected chi connectivity index (χ1v) is 10.7. The van der Waals surface area contributed by atoms with Crippen molar-refractivity contribution in [2.75, 3.05) is 14.2 Å². The average molecular weight is 403 g/mol. The molecule has 3 aromatic rings. The monoisotopic (exact) mass is 402 g/mol. The summed E-state index contributed by atoms with van der Waals surface area (Å²) in [6, 6.07) is 22.8. The molecular weight excluding hydrogens is 372 g/mol. The number of methoxy groups -OCH3 is 2. The largest absolute Gasteiger partial charge is 0.508 e. The van der Waals surface area contributed by atoms with Crippen molar-refractivity contribution in [2.45, 2.75) is 38.0 Å². The fourth-order valence-corrected chi connectivity index (χ4v) is 5.07. The normalized spacial score (nSPS) is 20.4. The number of rotatable bonds is 6. The summed E-state index contributed by atoms with van der Waals surface area (Å²) < 4.78 is 10.7. The Balaban J connectivity index is 1.73. The lowest BCUT2D eigenvalue weighted by atomic mass is 9.64. The maximum Gasteiger partial charge on any atom is 0.118 e. The van der Waals surface area contributed by atoms with Crippen molar-refractivity contribution in [1.82, 2.24) is 0 Å². The first kappa shape index (κ1) is 20.3. The minimum Gasteiger partial charge on any atom is -0.508 e. The summed E-state index contributed by atoms with van der Waals surface area (Å²) in [6.07, 6.45) is 3.04. The Morgan fingerprint density at radius 3 is 2.10 bits per heavy atom. The van der Waals surface area contributed by atoms with Gasteiger partial charge in [-0.3, -0.25) is 0 Å². The van der Waals surface area contributed by atoms with Gasteiger partial charge in [0.1, 0.15) is 17.2 Å². The summed E-state index contributed by atoms with van der Waals surface area (Å²) in [5, 5.41) is 10.2. The topological polar surface area (TPSA) is 38.7 Å². The van der Waals surface area contributed by atoms with Crippen LogP contribution < -0.4 is 9.47 Å². The molecule has 0 radical (unpaired) electrons. The Hall–Kier alpha value is -2.94. The van der Waals surface area contributed by atoms with Gasteiger partial charge < -0.3 is 14.6 Å². The molecule has 0 saturated heterocycles. The molecule has 1 aliphatic carbocycles. The molecule has 0 fully saturated rings. The molecule has 3 unspecified atom stereocenters. The van der Waals surface area contributed by atoms with E-state index in [1.54, 1.807) is 14.2 Å². The number of fused-ring (bicyclic) bond motifs is 1. The zero-order valence-corrected chi connectivity index (χ0v) is 18.0. The molecule has 4 rings (SSSR count). The molecule has 0 heterocycles. The van der Waals surface area contributed by atoms with Crippen LogP contribution in [0.25, 0.3) is 0 Å². The average Bonchev–Trinajstić information content (AvgIpc) is 2.79. The molecule has 0 aliphatic heterocycles. The van der Waals surface area contributed by atoms with Gasteiger partial charge in [-0.15, -0.1) is 0 Å². The molecule has 0 spiro atoms. The van der Waals surface area contributed by atoms with Gasteiger partial charge in [0.15, 0.2) is 0 Å². The first-order valence-electron chi connectivity index (χ1n) is 10.7. The summed E-state index contributed by atoms with van der Waals surface area (Å²) in [7, 11) is 3.40. The third-order valence-corrected chi connectivity index (χ3v) is 6.63. The molecule has 0 saturated carbocycles. The zero-order chi connectivity index (χ0) is 21.1. The zero-order valence-electron chi connectivity index (χ0n) is 18.0. The van der Waals surface area contributed by atoms with Crippen molar-refractivity contribution in [2.24, 2.45) is 5.92 Å². The van der Waals surface area contributed by atoms with Crippen molar-refractivity contribution in [1.29, 1.82) is 0 Å². The predicted octanol–water partition coefficient (Wildman–Crippen LogP) is 6.10. The SMILES string of the molecule is CCC1C(c2ccc(OC)cc2)Cc2ccc(O)cc2C1Cc1ccc(OC)cc1. The smallest absolute Gasteiger partial charge is 0.118 e. The summed E-state index contributed by atoms with van der Waals surface area (Å²) >= 11 is 0. The van der Waals surface area contributed by atoms with Crippen LogP contribution in [-0.2, 0) is 12.8 Å². The van der Waals surface area contributed by atoms with E-state index in [1.807, 2.05) is 24.3 Å². The summed E-state index contributed by atoms with van der Waals surface area (Å²) in [5.74, 6) is 3.42. The van der Waals surface area contributed by atoms with E-state index in [-0.39, 0.29) is 0 Å². The van der Waals surface area contributed by atoms with Gasteiger partial charge in [-0.05, 0) is 89.2 Å². The number of phenols is 1. The highest BCUT2D eigenvalue weighted by molar-refractivity contribution is 5.44. The van der Waals surface area contributed by atoms with Gasteiger partial charge in [0.2, 0.25) is 0 Å². The van der Waals surface area contributed by atoms with Crippen LogP contribution in [0.15, 0.2) is 66.7 Å². The standard InChI is InChI=1S/C27H30O3/c1-4-24-25(19-8-13-23(30-3)14-9-19)16-20-7-10-21(28)17-26(20)27(24)15-18-5-11-22(29-2)12-6-18/h5-14,17,24-25,27-28H,4,15-16H2,1-3H3. The van der Waals surface area contributed by atoms with E-state index in [4.69, 9.17) is 9.47 Å². The minimum atomic E-state index is 0.353. The van der Waals surface area contributed by atoms with Crippen molar-refractivity contribution in [3.8, 4) is 17.2 Å². The fourth-order valence-electron chi connectivity index (χ4n) is 5.07. The van der Waals surface area contributed by atoms with Crippen molar-refractivity contribution in [3.63, 3.8) is 0 Å². The van der Waals surface area contributed by atoms with E-state index < -0.39 is 0 Å². The molecule has 1 N–H and O–H groups in total. The predicted molar refractivity (Wildman–Crippen MR) is 121 cm³/mol. The summed E-state index contributed by atoms with van der Waals surface area (Å²) in [6.45, 7) is 2.29. The molecule has 3 aromatic carbocycles. The second-order valence-electron chi connectivity index (χ2n) is 8.20. The van der Waals surface area contributed by atoms with E-state index in [0.717, 1.165) is 30.8 Å². The van der Waals surface area contributed by atoms with Gasteiger partial charge in [-0.2, -0.15) is 0 Å². The maximum atomic E-state index is 10.2. The van der Waals surface area contributed by atoms with E-state index in [0.29, 0.717) is 23.5 Å². The van der Waals surface area contributed by atoms with E-state index in [9.17, 15) is 5.11 Å². The molecule has 0 bridgehead atoms. The third-order valence-electron chi connectivity index (χ3n) is 6.63. The minimum absolute atomic E-state index is 0.353. The van der Waals surface area contributed by atoms with Crippen LogP contribution in [0.1, 0.15) is 47.4 Å². The van der Waals surface area contributed by atoms with Crippen LogP contribution >= 0.6 is 0 Å². The van der Waals surface area contributed by atoms with Crippen molar-refractivity contribution < 1.29 is 14.6 Å². The molecule has 30 heavy (non-hydrogen) atoms. The maximum absolute atomic E-state index is 10.2. The number of aromatic hydroxyl groups is 1. The Labute approximate surface area is 179 Å². The lowest BCUT2D eigenvalue weighted by Gasteiger charge is -2.40. The molecule has 3 atom stereocenters. The van der Waals surface area contributed by atoms with E-state index in [2.05, 4.69) is 49.4 Å². The number of hydrogen-bond donors (Lipinski definition) is 1. The highest BCUT2D eigenvalue weighted by atomic mass is 16.5. The Morgan fingerprint density at radius 1 is 0.867 bits per heavy atom. The van der Waals surface area contributed by atoms with Crippen LogP contribution in [0, 0.1) is 5.92 Å². The highest BCUT2D eigenvalue weighted by Crippen LogP contribution is 2.48. The number of phenolic OH excluding ortho intramolecular Hbond substituents is 1. The number of hydrogen-bond acceptors (Lipinski definition) is 3. The van der Waals surface area contributed by atoms with Crippen molar-refractivity contribution >= 4 is 0 Å². The first-order chi connectivity index (χ1) is 14.6. The summed E-state index contributed by atoms with van der Waals surface area (Å²) in [4.78, 5) is 0. The van der Waals surface area contributed by atoms with Gasteiger partial charge in [-0.1, -0.05) is 43.7 Å². The van der Waals surface area contributed by atoms with Gasteiger partial charge >= 0.3 is 0 Å². The van der Waals surface area contributed by atoms with E-state index in [1.165, 1.54) is 22.3 Å². The molecular formula is C27H30O3. The highest BCUT2D eigenvalue weighted by Gasteiger charge is 2.36. The second-order valence-corrected chi connectivity index (χ2v) is 8.20. The quantitative estimate of drug-likeness (QED) is 0.541. The molecule has 3 heteroatoms. The fraction of sp³-hybridized carbons (Fsp3) is 0.333. The lowest BCUT2D eigenvalue weighted by molar-refractivity contribution is 0.310. The van der Waals surface area contributed by atoms with Crippen LogP contribution in [0.2, 0.25) is 0 Å². The van der Waals surface area contributed by atoms with E-state index >= 15 is 0 Å². The Morgan fingerprint density at radius 2 is 1.50 bits per heavy atom. The van der Waals surface area contributed by atoms with Crippen LogP contribution in [0.4, 0.5) is 0 Å². The Kier molecular flexibility index (Phi) is 5.98. The van der Waals surface area contributed by atoms with Gasteiger partial charge in [-0.25, -0.2) is 0 Å². The number of benzene rings is 3. The van der Waals surface area contributed by atoms with Crippen LogP contribution in [0.5, 0.6) is 17.2 Å². The van der Waals surface area contributed by atoms with Crippen molar-refractivity contribution in [3.05, 3.63) is 89.0 Å². The van der Waals surface area contributed by atoms with Crippen LogP contribution in [0.3, 0.4) is 0 Å². The van der Waals surface area contributed by atoms with Crippen LogP contribution in [-0.4, -0.2) is 19.3 Å².